The fraction of sp³-hybridized carbons (Fsp3) is 1.00. The van der Waals surface area contributed by atoms with Gasteiger partial charge in [0.1, 0.15) is 0 Å². The minimum Gasteiger partial charge on any atom is -0.385 e. The molecule has 0 atom stereocenters. The number of hydrogen-bond acceptors (Lipinski definition) is 3. The number of methoxy groups -OCH3 is 1. The summed E-state index contributed by atoms with van der Waals surface area (Å²) in [7, 11) is 1.68. The average molecular weight is 188 g/mol. The summed E-state index contributed by atoms with van der Waals surface area (Å²) in [6.45, 7) is 1.52. The number of rotatable bonds is 3. The fourth-order valence-electron chi connectivity index (χ4n) is 1.36. The SMILES string of the molecule is COCCCN.NC1CCCCC1. The van der Waals surface area contributed by atoms with E-state index in [9.17, 15) is 0 Å². The van der Waals surface area contributed by atoms with Gasteiger partial charge in [0.2, 0.25) is 0 Å². The van der Waals surface area contributed by atoms with E-state index >= 15 is 0 Å². The van der Waals surface area contributed by atoms with Crippen molar-refractivity contribution < 1.29 is 4.74 Å². The molecule has 0 radical (unpaired) electrons. The van der Waals surface area contributed by atoms with Gasteiger partial charge in [-0.2, -0.15) is 0 Å². The maximum absolute atomic E-state index is 5.63. The normalized spacial score (nSPS) is 17.8. The molecule has 1 aliphatic rings. The van der Waals surface area contributed by atoms with Crippen molar-refractivity contribution >= 4 is 0 Å². The largest absolute Gasteiger partial charge is 0.385 e. The van der Waals surface area contributed by atoms with Crippen LogP contribution in [0.4, 0.5) is 0 Å². The topological polar surface area (TPSA) is 61.3 Å². The van der Waals surface area contributed by atoms with E-state index in [4.69, 9.17) is 16.2 Å². The third kappa shape index (κ3) is 9.80. The minimum atomic E-state index is 0.536. The second-order valence-electron chi connectivity index (χ2n) is 3.53. The summed E-state index contributed by atoms with van der Waals surface area (Å²) in [5, 5.41) is 0. The molecule has 0 unspecified atom stereocenters. The molecule has 3 heteroatoms. The first kappa shape index (κ1) is 12.9. The van der Waals surface area contributed by atoms with Crippen LogP contribution in [0.5, 0.6) is 0 Å². The molecule has 0 aromatic rings. The fourth-order valence-corrected chi connectivity index (χ4v) is 1.36. The molecule has 0 heterocycles. The van der Waals surface area contributed by atoms with Crippen molar-refractivity contribution in [3.63, 3.8) is 0 Å². The molecule has 0 aromatic carbocycles. The zero-order valence-corrected chi connectivity index (χ0v) is 8.80. The van der Waals surface area contributed by atoms with Gasteiger partial charge in [-0.1, -0.05) is 19.3 Å². The van der Waals surface area contributed by atoms with Crippen molar-refractivity contribution in [1.29, 1.82) is 0 Å². The van der Waals surface area contributed by atoms with E-state index in [2.05, 4.69) is 0 Å². The van der Waals surface area contributed by atoms with Crippen LogP contribution in [0.2, 0.25) is 0 Å². The van der Waals surface area contributed by atoms with Crippen LogP contribution in [0.1, 0.15) is 38.5 Å². The van der Waals surface area contributed by atoms with E-state index in [1.54, 1.807) is 7.11 Å². The summed E-state index contributed by atoms with van der Waals surface area (Å²) in [5.74, 6) is 0. The molecule has 3 nitrogen and oxygen atoms in total. The average Bonchev–Trinajstić information content (AvgIpc) is 2.17. The lowest BCUT2D eigenvalue weighted by Gasteiger charge is -2.15. The highest BCUT2D eigenvalue weighted by Crippen LogP contribution is 2.14. The summed E-state index contributed by atoms with van der Waals surface area (Å²) >= 11 is 0. The van der Waals surface area contributed by atoms with Gasteiger partial charge in [-0.15, -0.1) is 0 Å². The highest BCUT2D eigenvalue weighted by molar-refractivity contribution is 4.66. The maximum atomic E-state index is 5.63. The first-order valence-corrected chi connectivity index (χ1v) is 5.26. The lowest BCUT2D eigenvalue weighted by Crippen LogP contribution is -2.22. The molecule has 1 fully saturated rings. The monoisotopic (exact) mass is 188 g/mol. The Balaban J connectivity index is 0.000000226. The molecule has 0 amide bonds. The highest BCUT2D eigenvalue weighted by atomic mass is 16.5. The minimum absolute atomic E-state index is 0.536. The van der Waals surface area contributed by atoms with Gasteiger partial charge in [-0.05, 0) is 25.8 Å². The summed E-state index contributed by atoms with van der Waals surface area (Å²) in [6.07, 6.45) is 7.63. The van der Waals surface area contributed by atoms with Crippen LogP contribution in [-0.2, 0) is 4.74 Å². The molecule has 0 aromatic heterocycles. The molecule has 4 N–H and O–H groups in total. The zero-order chi connectivity index (χ0) is 9.94. The van der Waals surface area contributed by atoms with Crippen molar-refractivity contribution in [2.75, 3.05) is 20.3 Å². The van der Waals surface area contributed by atoms with Crippen LogP contribution in [-0.4, -0.2) is 26.3 Å². The van der Waals surface area contributed by atoms with Crippen LogP contribution >= 0.6 is 0 Å². The van der Waals surface area contributed by atoms with Crippen molar-refractivity contribution in [2.24, 2.45) is 11.5 Å². The predicted octanol–water partition coefficient (Wildman–Crippen LogP) is 1.26. The molecule has 1 saturated carbocycles. The molecular formula is C10H24N2O. The van der Waals surface area contributed by atoms with Gasteiger partial charge in [0.05, 0.1) is 0 Å². The van der Waals surface area contributed by atoms with Gasteiger partial charge >= 0.3 is 0 Å². The first-order chi connectivity index (χ1) is 6.31. The predicted molar refractivity (Wildman–Crippen MR) is 56.6 cm³/mol. The first-order valence-electron chi connectivity index (χ1n) is 5.26. The Morgan fingerprint density at radius 2 is 1.85 bits per heavy atom. The van der Waals surface area contributed by atoms with Crippen LogP contribution in [0.25, 0.3) is 0 Å². The molecule has 0 spiro atoms. The molecule has 0 saturated heterocycles. The second kappa shape index (κ2) is 9.96. The Morgan fingerprint density at radius 3 is 2.08 bits per heavy atom. The third-order valence-corrected chi connectivity index (χ3v) is 2.20. The summed E-state index contributed by atoms with van der Waals surface area (Å²) in [6, 6.07) is 0.536. The molecular weight excluding hydrogens is 164 g/mol. The van der Waals surface area contributed by atoms with Crippen LogP contribution < -0.4 is 11.5 Å². The number of hydrogen-bond donors (Lipinski definition) is 2. The lowest BCUT2D eigenvalue weighted by molar-refractivity contribution is 0.197. The molecule has 13 heavy (non-hydrogen) atoms. The molecule has 1 rings (SSSR count). The molecule has 0 bridgehead atoms. The van der Waals surface area contributed by atoms with Crippen LogP contribution in [0, 0.1) is 0 Å². The molecule has 1 aliphatic carbocycles. The van der Waals surface area contributed by atoms with Gasteiger partial charge in [0.25, 0.3) is 0 Å². The van der Waals surface area contributed by atoms with Gasteiger partial charge in [-0.25, -0.2) is 0 Å². The van der Waals surface area contributed by atoms with E-state index < -0.39 is 0 Å². The Labute approximate surface area is 81.8 Å². The van der Waals surface area contributed by atoms with Crippen LogP contribution in [0.15, 0.2) is 0 Å². The van der Waals surface area contributed by atoms with E-state index in [1.165, 1.54) is 32.1 Å². The van der Waals surface area contributed by atoms with Gasteiger partial charge in [0.15, 0.2) is 0 Å². The van der Waals surface area contributed by atoms with Crippen molar-refractivity contribution in [1.82, 2.24) is 0 Å². The molecule has 80 valence electrons. The quantitative estimate of drug-likeness (QED) is 0.655. The Hall–Kier alpha value is -0.120. The number of ether oxygens (including phenoxy) is 1. The molecule has 0 aliphatic heterocycles. The zero-order valence-electron chi connectivity index (χ0n) is 8.80. The Bertz CT molecular complexity index is 88.9. The van der Waals surface area contributed by atoms with Crippen LogP contribution in [0.3, 0.4) is 0 Å². The summed E-state index contributed by atoms with van der Waals surface area (Å²) in [4.78, 5) is 0. The van der Waals surface area contributed by atoms with Crippen molar-refractivity contribution in [2.45, 2.75) is 44.6 Å². The Kier molecular flexibility index (Phi) is 9.87. The smallest absolute Gasteiger partial charge is 0.0474 e. The van der Waals surface area contributed by atoms with E-state index in [-0.39, 0.29) is 0 Å². The van der Waals surface area contributed by atoms with Gasteiger partial charge < -0.3 is 16.2 Å². The summed E-state index contributed by atoms with van der Waals surface area (Å²) < 4.78 is 4.70. The van der Waals surface area contributed by atoms with E-state index in [0.717, 1.165) is 19.6 Å². The third-order valence-electron chi connectivity index (χ3n) is 2.20. The van der Waals surface area contributed by atoms with Crippen molar-refractivity contribution in [3.05, 3.63) is 0 Å². The maximum Gasteiger partial charge on any atom is 0.0474 e. The standard InChI is InChI=1S/C6H13N.C4H11NO/c7-6-4-2-1-3-5-6;1-6-4-2-3-5/h6H,1-5,7H2;2-5H2,1H3. The van der Waals surface area contributed by atoms with E-state index in [0.29, 0.717) is 6.04 Å². The second-order valence-corrected chi connectivity index (χ2v) is 3.53. The van der Waals surface area contributed by atoms with Gasteiger partial charge in [-0.3, -0.25) is 0 Å². The van der Waals surface area contributed by atoms with E-state index in [1.807, 2.05) is 0 Å². The summed E-state index contributed by atoms with van der Waals surface area (Å²) in [5.41, 5.74) is 10.8. The lowest BCUT2D eigenvalue weighted by atomic mass is 9.97. The van der Waals surface area contributed by atoms with Gasteiger partial charge in [0, 0.05) is 19.8 Å². The number of nitrogens with two attached hydrogens (primary N) is 2. The highest BCUT2D eigenvalue weighted by Gasteiger charge is 2.06. The Morgan fingerprint density at radius 1 is 1.23 bits per heavy atom. The van der Waals surface area contributed by atoms with Crippen molar-refractivity contribution in [3.8, 4) is 0 Å².